The van der Waals surface area contributed by atoms with E-state index in [2.05, 4.69) is 18.3 Å². The van der Waals surface area contributed by atoms with Crippen LogP contribution in [0.1, 0.15) is 37.7 Å². The minimum absolute atomic E-state index is 0.603. The summed E-state index contributed by atoms with van der Waals surface area (Å²) in [6.07, 6.45) is 4.05. The van der Waals surface area contributed by atoms with E-state index in [1.165, 1.54) is 24.8 Å². The first-order valence-corrected chi connectivity index (χ1v) is 7.13. The Morgan fingerprint density at radius 3 is 2.76 bits per heavy atom. The van der Waals surface area contributed by atoms with E-state index in [4.69, 9.17) is 23.2 Å². The zero-order chi connectivity index (χ0) is 12.0. The van der Waals surface area contributed by atoms with E-state index in [9.17, 15) is 0 Å². The summed E-state index contributed by atoms with van der Waals surface area (Å²) >= 11 is 12.3. The summed E-state index contributed by atoms with van der Waals surface area (Å²) in [5.41, 5.74) is 2.45. The lowest BCUT2D eigenvalue weighted by Gasteiger charge is -2.18. The second-order valence-electron chi connectivity index (χ2n) is 5.52. The molecule has 1 aromatic carbocycles. The Morgan fingerprint density at radius 2 is 2.06 bits per heavy atom. The van der Waals surface area contributed by atoms with Crippen LogP contribution in [0.5, 0.6) is 0 Å². The van der Waals surface area contributed by atoms with E-state index in [1.807, 2.05) is 6.07 Å². The molecule has 3 heteroatoms. The average molecular weight is 270 g/mol. The SMILES string of the molecule is CC1CCC(C2CNc3c(Cl)cc(Cl)cc32)C1. The fourth-order valence-corrected chi connectivity index (χ4v) is 4.01. The normalized spacial score (nSPS) is 31.4. The Kier molecular flexibility index (Phi) is 3.00. The molecule has 1 nitrogen and oxygen atoms in total. The molecule has 3 unspecified atom stereocenters. The van der Waals surface area contributed by atoms with Crippen molar-refractivity contribution < 1.29 is 0 Å². The van der Waals surface area contributed by atoms with Crippen molar-refractivity contribution >= 4 is 28.9 Å². The van der Waals surface area contributed by atoms with E-state index in [-0.39, 0.29) is 0 Å². The van der Waals surface area contributed by atoms with Gasteiger partial charge in [0.1, 0.15) is 0 Å². The zero-order valence-corrected chi connectivity index (χ0v) is 11.5. The summed E-state index contributed by atoms with van der Waals surface area (Å²) in [5.74, 6) is 2.28. The van der Waals surface area contributed by atoms with Crippen LogP contribution in [0.3, 0.4) is 0 Å². The van der Waals surface area contributed by atoms with E-state index >= 15 is 0 Å². The van der Waals surface area contributed by atoms with Crippen molar-refractivity contribution in [3.05, 3.63) is 27.7 Å². The summed E-state index contributed by atoms with van der Waals surface area (Å²) in [4.78, 5) is 0. The molecule has 92 valence electrons. The van der Waals surface area contributed by atoms with E-state index in [0.717, 1.165) is 34.1 Å². The first-order chi connectivity index (χ1) is 8.15. The van der Waals surface area contributed by atoms with Gasteiger partial charge in [-0.1, -0.05) is 36.5 Å². The van der Waals surface area contributed by atoms with E-state index in [0.29, 0.717) is 5.92 Å². The van der Waals surface area contributed by atoms with Crippen molar-refractivity contribution in [1.82, 2.24) is 0 Å². The Bertz CT molecular complexity index is 444. The van der Waals surface area contributed by atoms with Gasteiger partial charge in [-0.3, -0.25) is 0 Å². The maximum atomic E-state index is 6.23. The van der Waals surface area contributed by atoms with Crippen LogP contribution in [0, 0.1) is 11.8 Å². The molecular weight excluding hydrogens is 253 g/mol. The minimum atomic E-state index is 0.603. The summed E-state index contributed by atoms with van der Waals surface area (Å²) in [7, 11) is 0. The summed E-state index contributed by atoms with van der Waals surface area (Å²) in [6.45, 7) is 3.38. The predicted molar refractivity (Wildman–Crippen MR) is 74.2 cm³/mol. The molecule has 1 saturated carbocycles. The highest BCUT2D eigenvalue weighted by Crippen LogP contribution is 2.47. The second-order valence-corrected chi connectivity index (χ2v) is 6.36. The number of benzene rings is 1. The molecule has 0 aromatic heterocycles. The van der Waals surface area contributed by atoms with Crippen molar-refractivity contribution in [1.29, 1.82) is 0 Å². The Balaban J connectivity index is 1.93. The zero-order valence-electron chi connectivity index (χ0n) is 9.97. The van der Waals surface area contributed by atoms with Crippen molar-refractivity contribution in [3.8, 4) is 0 Å². The third kappa shape index (κ3) is 2.04. The fourth-order valence-electron chi connectivity index (χ4n) is 3.43. The van der Waals surface area contributed by atoms with Crippen LogP contribution in [-0.2, 0) is 0 Å². The van der Waals surface area contributed by atoms with Crippen LogP contribution in [0.25, 0.3) is 0 Å². The largest absolute Gasteiger partial charge is 0.383 e. The van der Waals surface area contributed by atoms with Crippen LogP contribution < -0.4 is 5.32 Å². The molecule has 3 atom stereocenters. The van der Waals surface area contributed by atoms with Gasteiger partial charge in [-0.25, -0.2) is 0 Å². The Hall–Kier alpha value is -0.400. The van der Waals surface area contributed by atoms with Gasteiger partial charge in [0.2, 0.25) is 0 Å². The lowest BCUT2D eigenvalue weighted by molar-refractivity contribution is 0.442. The van der Waals surface area contributed by atoms with Crippen molar-refractivity contribution in [2.75, 3.05) is 11.9 Å². The summed E-state index contributed by atoms with van der Waals surface area (Å²) in [6, 6.07) is 3.92. The number of fused-ring (bicyclic) bond motifs is 1. The van der Waals surface area contributed by atoms with Gasteiger partial charge in [0.15, 0.2) is 0 Å². The van der Waals surface area contributed by atoms with Gasteiger partial charge in [0.05, 0.1) is 10.7 Å². The highest BCUT2D eigenvalue weighted by molar-refractivity contribution is 6.36. The maximum Gasteiger partial charge on any atom is 0.0655 e. The first kappa shape index (κ1) is 11.7. The molecule has 0 amide bonds. The van der Waals surface area contributed by atoms with E-state index in [1.54, 1.807) is 0 Å². The summed E-state index contributed by atoms with van der Waals surface area (Å²) in [5, 5.41) is 4.97. The van der Waals surface area contributed by atoms with Crippen LogP contribution in [0.2, 0.25) is 10.0 Å². The van der Waals surface area contributed by atoms with Gasteiger partial charge in [-0.05, 0) is 42.4 Å². The highest BCUT2D eigenvalue weighted by atomic mass is 35.5. The maximum absolute atomic E-state index is 6.23. The molecule has 1 aromatic rings. The average Bonchev–Trinajstić information content (AvgIpc) is 2.83. The molecule has 1 aliphatic heterocycles. The number of hydrogen-bond donors (Lipinski definition) is 1. The number of rotatable bonds is 1. The molecule has 1 fully saturated rings. The second kappa shape index (κ2) is 4.37. The van der Waals surface area contributed by atoms with Gasteiger partial charge < -0.3 is 5.32 Å². The van der Waals surface area contributed by atoms with Crippen LogP contribution in [0.15, 0.2) is 12.1 Å². The Labute approximate surface area is 112 Å². The lowest BCUT2D eigenvalue weighted by atomic mass is 9.86. The number of halogens is 2. The smallest absolute Gasteiger partial charge is 0.0655 e. The number of nitrogens with one attached hydrogen (secondary N) is 1. The Morgan fingerprint density at radius 1 is 1.24 bits per heavy atom. The molecule has 0 spiro atoms. The first-order valence-electron chi connectivity index (χ1n) is 6.38. The molecule has 17 heavy (non-hydrogen) atoms. The molecule has 2 aliphatic rings. The molecule has 1 N–H and O–H groups in total. The number of hydrogen-bond acceptors (Lipinski definition) is 1. The van der Waals surface area contributed by atoms with Gasteiger partial charge in [0.25, 0.3) is 0 Å². The van der Waals surface area contributed by atoms with Crippen LogP contribution in [-0.4, -0.2) is 6.54 Å². The quantitative estimate of drug-likeness (QED) is 0.762. The standard InChI is InChI=1S/C14H17Cl2N/c1-8-2-3-9(4-8)12-7-17-14-11(12)5-10(15)6-13(14)16/h5-6,8-9,12,17H,2-4,7H2,1H3. The monoisotopic (exact) mass is 269 g/mol. The topological polar surface area (TPSA) is 12.0 Å². The van der Waals surface area contributed by atoms with E-state index < -0.39 is 0 Å². The third-order valence-electron chi connectivity index (χ3n) is 4.29. The van der Waals surface area contributed by atoms with Crippen LogP contribution >= 0.6 is 23.2 Å². The van der Waals surface area contributed by atoms with Gasteiger partial charge >= 0.3 is 0 Å². The van der Waals surface area contributed by atoms with Gasteiger partial charge in [-0.15, -0.1) is 0 Å². The molecular formula is C14H17Cl2N. The molecule has 1 heterocycles. The molecule has 0 saturated heterocycles. The minimum Gasteiger partial charge on any atom is -0.383 e. The molecule has 0 radical (unpaired) electrons. The molecule has 0 bridgehead atoms. The number of anilines is 1. The van der Waals surface area contributed by atoms with Crippen molar-refractivity contribution in [3.63, 3.8) is 0 Å². The molecule has 1 aliphatic carbocycles. The summed E-state index contributed by atoms with van der Waals surface area (Å²) < 4.78 is 0. The highest BCUT2D eigenvalue weighted by Gasteiger charge is 2.34. The van der Waals surface area contributed by atoms with Crippen molar-refractivity contribution in [2.45, 2.75) is 32.1 Å². The fraction of sp³-hybridized carbons (Fsp3) is 0.571. The van der Waals surface area contributed by atoms with Gasteiger partial charge in [-0.2, -0.15) is 0 Å². The lowest BCUT2D eigenvalue weighted by Crippen LogP contribution is -2.12. The predicted octanol–water partition coefficient (Wildman–Crippen LogP) is 4.94. The van der Waals surface area contributed by atoms with Gasteiger partial charge in [0, 0.05) is 17.5 Å². The van der Waals surface area contributed by atoms with Crippen LogP contribution in [0.4, 0.5) is 5.69 Å². The molecule has 3 rings (SSSR count). The third-order valence-corrected chi connectivity index (χ3v) is 4.80. The van der Waals surface area contributed by atoms with Crippen molar-refractivity contribution in [2.24, 2.45) is 11.8 Å².